The predicted molar refractivity (Wildman–Crippen MR) is 88.7 cm³/mol. The van der Waals surface area contributed by atoms with Crippen LogP contribution < -0.4 is 5.32 Å². The van der Waals surface area contributed by atoms with E-state index in [4.69, 9.17) is 9.78 Å². The van der Waals surface area contributed by atoms with E-state index in [0.717, 1.165) is 23.5 Å². The van der Waals surface area contributed by atoms with Gasteiger partial charge in [0.15, 0.2) is 5.82 Å². The number of hydrogen-bond donors (Lipinski definition) is 1. The van der Waals surface area contributed by atoms with Crippen molar-refractivity contribution in [2.75, 3.05) is 5.32 Å². The highest BCUT2D eigenvalue weighted by Crippen LogP contribution is 2.40. The third-order valence-corrected chi connectivity index (χ3v) is 4.65. The largest absolute Gasteiger partial charge is 0.333 e. The molecule has 1 N–H and O–H groups in total. The van der Waals surface area contributed by atoms with E-state index >= 15 is 0 Å². The molecular formula is C17H12N4O2S. The van der Waals surface area contributed by atoms with E-state index in [9.17, 15) is 4.79 Å². The summed E-state index contributed by atoms with van der Waals surface area (Å²) in [5.74, 6) is 1.29. The number of thiophene rings is 1. The lowest BCUT2D eigenvalue weighted by molar-refractivity contribution is 0.102. The van der Waals surface area contributed by atoms with Gasteiger partial charge in [-0.1, -0.05) is 11.2 Å². The molecule has 0 saturated heterocycles. The van der Waals surface area contributed by atoms with Crippen molar-refractivity contribution in [3.63, 3.8) is 0 Å². The van der Waals surface area contributed by atoms with E-state index in [-0.39, 0.29) is 5.91 Å². The summed E-state index contributed by atoms with van der Waals surface area (Å²) in [5, 5.41) is 17.6. The van der Waals surface area contributed by atoms with Crippen molar-refractivity contribution in [3.8, 4) is 16.8 Å². The molecule has 0 bridgehead atoms. The van der Waals surface area contributed by atoms with Crippen LogP contribution >= 0.6 is 11.3 Å². The van der Waals surface area contributed by atoms with Crippen molar-refractivity contribution < 1.29 is 9.32 Å². The fraction of sp³-hybridized carbons (Fsp3) is 0.176. The third-order valence-electron chi connectivity index (χ3n) is 3.75. The molecule has 0 atom stereocenters. The number of amides is 1. The van der Waals surface area contributed by atoms with Crippen LogP contribution in [0.25, 0.3) is 10.8 Å². The van der Waals surface area contributed by atoms with Gasteiger partial charge in [-0.2, -0.15) is 10.2 Å². The highest BCUT2D eigenvalue weighted by Gasteiger charge is 2.29. The Kier molecular flexibility index (Phi) is 3.59. The minimum absolute atomic E-state index is 0.284. The summed E-state index contributed by atoms with van der Waals surface area (Å²) in [7, 11) is 0. The summed E-state index contributed by atoms with van der Waals surface area (Å²) in [6.45, 7) is 0. The van der Waals surface area contributed by atoms with Crippen molar-refractivity contribution >= 4 is 22.9 Å². The molecule has 7 heteroatoms. The predicted octanol–water partition coefficient (Wildman–Crippen LogP) is 3.80. The number of aromatic nitrogens is 2. The van der Waals surface area contributed by atoms with Crippen LogP contribution in [0.3, 0.4) is 0 Å². The summed E-state index contributed by atoms with van der Waals surface area (Å²) in [6, 6.07) is 10.4. The first-order chi connectivity index (χ1) is 11.7. The van der Waals surface area contributed by atoms with E-state index in [2.05, 4.69) is 15.5 Å². The van der Waals surface area contributed by atoms with Crippen LogP contribution in [0.1, 0.15) is 40.5 Å². The number of carbonyl (C=O) groups is 1. The molecule has 4 rings (SSSR count). The summed E-state index contributed by atoms with van der Waals surface area (Å²) in [6.07, 6.45) is 2.20. The summed E-state index contributed by atoms with van der Waals surface area (Å²) in [4.78, 5) is 17.6. The van der Waals surface area contributed by atoms with Crippen LogP contribution in [0.5, 0.6) is 0 Å². The molecule has 3 aromatic rings. The molecular weight excluding hydrogens is 324 g/mol. The Balaban J connectivity index is 1.57. The molecule has 0 aliphatic heterocycles. The molecule has 118 valence electrons. The first-order valence-corrected chi connectivity index (χ1v) is 8.35. The summed E-state index contributed by atoms with van der Waals surface area (Å²) in [5.41, 5.74) is 1.49. The van der Waals surface area contributed by atoms with Crippen molar-refractivity contribution in [1.82, 2.24) is 10.1 Å². The molecule has 2 heterocycles. The number of rotatable bonds is 4. The Morgan fingerprint density at radius 2 is 2.25 bits per heavy atom. The second kappa shape index (κ2) is 5.91. The van der Waals surface area contributed by atoms with E-state index < -0.39 is 0 Å². The van der Waals surface area contributed by atoms with Crippen LogP contribution in [0.15, 0.2) is 40.2 Å². The summed E-state index contributed by atoms with van der Waals surface area (Å²) < 4.78 is 5.33. The van der Waals surface area contributed by atoms with Crippen LogP contribution in [-0.4, -0.2) is 16.0 Å². The van der Waals surface area contributed by atoms with Gasteiger partial charge >= 0.3 is 0 Å². The second-order valence-corrected chi connectivity index (χ2v) is 6.46. The molecule has 2 aromatic heterocycles. The molecule has 24 heavy (non-hydrogen) atoms. The SMILES string of the molecule is N#Cc1cccc(C(=O)Nc2ccsc2-c2nc(C3CC3)no2)c1. The topological polar surface area (TPSA) is 91.8 Å². The van der Waals surface area contributed by atoms with Crippen molar-refractivity contribution in [1.29, 1.82) is 5.26 Å². The lowest BCUT2D eigenvalue weighted by atomic mass is 10.1. The number of hydrogen-bond acceptors (Lipinski definition) is 6. The third kappa shape index (κ3) is 2.79. The average molecular weight is 336 g/mol. The molecule has 1 aliphatic rings. The molecule has 0 unspecified atom stereocenters. The Morgan fingerprint density at radius 3 is 3.04 bits per heavy atom. The molecule has 0 radical (unpaired) electrons. The van der Waals surface area contributed by atoms with Crippen LogP contribution in [0.4, 0.5) is 5.69 Å². The number of anilines is 1. The number of benzene rings is 1. The van der Waals surface area contributed by atoms with Gasteiger partial charge in [-0.15, -0.1) is 11.3 Å². The minimum Gasteiger partial charge on any atom is -0.333 e. The number of nitrogens with zero attached hydrogens (tertiary/aromatic N) is 3. The molecule has 1 fully saturated rings. The Morgan fingerprint density at radius 1 is 1.38 bits per heavy atom. The average Bonchev–Trinajstić information content (AvgIpc) is 3.17. The number of carbonyl (C=O) groups excluding carboxylic acids is 1. The highest BCUT2D eigenvalue weighted by atomic mass is 32.1. The maximum Gasteiger partial charge on any atom is 0.270 e. The Bertz CT molecular complexity index is 949. The molecule has 6 nitrogen and oxygen atoms in total. The van der Waals surface area contributed by atoms with Crippen molar-refractivity contribution in [2.24, 2.45) is 0 Å². The molecule has 0 spiro atoms. The maximum absolute atomic E-state index is 12.4. The van der Waals surface area contributed by atoms with Gasteiger partial charge in [0.2, 0.25) is 0 Å². The normalized spacial score (nSPS) is 13.5. The van der Waals surface area contributed by atoms with Gasteiger partial charge in [0.1, 0.15) is 4.88 Å². The van der Waals surface area contributed by atoms with Gasteiger partial charge in [-0.25, -0.2) is 0 Å². The van der Waals surface area contributed by atoms with Gasteiger partial charge in [0.05, 0.1) is 17.3 Å². The molecule has 1 saturated carbocycles. The lowest BCUT2D eigenvalue weighted by Crippen LogP contribution is -2.12. The fourth-order valence-corrected chi connectivity index (χ4v) is 3.10. The smallest absolute Gasteiger partial charge is 0.270 e. The van der Waals surface area contributed by atoms with Crippen LogP contribution in [0, 0.1) is 11.3 Å². The van der Waals surface area contributed by atoms with Gasteiger partial charge in [-0.05, 0) is 42.5 Å². The highest BCUT2D eigenvalue weighted by molar-refractivity contribution is 7.14. The Labute approximate surface area is 141 Å². The lowest BCUT2D eigenvalue weighted by Gasteiger charge is -2.05. The zero-order valence-electron chi connectivity index (χ0n) is 12.5. The fourth-order valence-electron chi connectivity index (χ4n) is 2.33. The molecule has 1 aliphatic carbocycles. The van der Waals surface area contributed by atoms with E-state index in [1.807, 2.05) is 11.4 Å². The second-order valence-electron chi connectivity index (χ2n) is 5.54. The van der Waals surface area contributed by atoms with Gasteiger partial charge < -0.3 is 9.84 Å². The number of nitriles is 1. The maximum atomic E-state index is 12.4. The van der Waals surface area contributed by atoms with Gasteiger partial charge in [0.25, 0.3) is 11.8 Å². The van der Waals surface area contributed by atoms with E-state index in [0.29, 0.717) is 28.6 Å². The Hall–Kier alpha value is -2.98. The number of nitrogens with one attached hydrogen (secondary N) is 1. The standard InChI is InChI=1S/C17H12N4O2S/c18-9-10-2-1-3-12(8-10)16(22)19-13-6-7-24-14(13)17-20-15(21-23-17)11-4-5-11/h1-3,6-8,11H,4-5H2,(H,19,22). The van der Waals surface area contributed by atoms with E-state index in [1.165, 1.54) is 11.3 Å². The van der Waals surface area contributed by atoms with Gasteiger partial charge in [-0.3, -0.25) is 4.79 Å². The monoisotopic (exact) mass is 336 g/mol. The minimum atomic E-state index is -0.284. The quantitative estimate of drug-likeness (QED) is 0.782. The zero-order valence-corrected chi connectivity index (χ0v) is 13.3. The van der Waals surface area contributed by atoms with Crippen molar-refractivity contribution in [3.05, 3.63) is 52.7 Å². The first-order valence-electron chi connectivity index (χ1n) is 7.47. The summed E-state index contributed by atoms with van der Waals surface area (Å²) >= 11 is 1.43. The zero-order chi connectivity index (χ0) is 16.5. The molecule has 1 amide bonds. The van der Waals surface area contributed by atoms with Crippen LogP contribution in [0.2, 0.25) is 0 Å². The van der Waals surface area contributed by atoms with Crippen molar-refractivity contribution in [2.45, 2.75) is 18.8 Å². The van der Waals surface area contributed by atoms with Crippen LogP contribution in [-0.2, 0) is 0 Å². The van der Waals surface area contributed by atoms with E-state index in [1.54, 1.807) is 30.3 Å². The van der Waals surface area contributed by atoms with Gasteiger partial charge in [0, 0.05) is 11.5 Å². The first kappa shape index (κ1) is 14.6. The molecule has 1 aromatic carbocycles.